The van der Waals surface area contributed by atoms with E-state index in [4.69, 9.17) is 16.3 Å². The molecule has 2 rings (SSSR count). The summed E-state index contributed by atoms with van der Waals surface area (Å²) in [6, 6.07) is 1.86. The molecule has 1 aromatic rings. The van der Waals surface area contributed by atoms with E-state index in [1.54, 1.807) is 6.20 Å². The van der Waals surface area contributed by atoms with Gasteiger partial charge in [-0.2, -0.15) is 0 Å². The van der Waals surface area contributed by atoms with Gasteiger partial charge in [0.15, 0.2) is 0 Å². The van der Waals surface area contributed by atoms with Crippen molar-refractivity contribution in [3.63, 3.8) is 0 Å². The van der Waals surface area contributed by atoms with Crippen molar-refractivity contribution in [2.45, 2.75) is 13.0 Å². The first-order chi connectivity index (χ1) is 6.75. The van der Waals surface area contributed by atoms with Crippen LogP contribution in [-0.4, -0.2) is 35.8 Å². The van der Waals surface area contributed by atoms with Crippen LogP contribution in [0.3, 0.4) is 0 Å². The SMILES string of the molecule is CC1CN(c2ccnc(Cl)n2)CCO1. The van der Waals surface area contributed by atoms with E-state index in [2.05, 4.69) is 21.8 Å². The maximum Gasteiger partial charge on any atom is 0.224 e. The lowest BCUT2D eigenvalue weighted by Crippen LogP contribution is -2.41. The fourth-order valence-corrected chi connectivity index (χ4v) is 1.67. The van der Waals surface area contributed by atoms with Crippen LogP contribution in [0.5, 0.6) is 0 Å². The normalized spacial score (nSPS) is 22.4. The van der Waals surface area contributed by atoms with E-state index in [0.29, 0.717) is 5.28 Å². The zero-order valence-electron chi connectivity index (χ0n) is 7.98. The van der Waals surface area contributed by atoms with Crippen LogP contribution >= 0.6 is 11.6 Å². The molecule has 0 amide bonds. The minimum atomic E-state index is 0.248. The summed E-state index contributed by atoms with van der Waals surface area (Å²) in [5.74, 6) is 0.875. The van der Waals surface area contributed by atoms with Crippen LogP contribution in [-0.2, 0) is 4.74 Å². The molecule has 0 aliphatic carbocycles. The Balaban J connectivity index is 2.14. The summed E-state index contributed by atoms with van der Waals surface area (Å²) in [5.41, 5.74) is 0. The van der Waals surface area contributed by atoms with Gasteiger partial charge in [0.05, 0.1) is 12.7 Å². The van der Waals surface area contributed by atoms with Crippen LogP contribution in [0.2, 0.25) is 5.28 Å². The molecule has 5 heteroatoms. The lowest BCUT2D eigenvalue weighted by Gasteiger charge is -2.31. The van der Waals surface area contributed by atoms with Crippen molar-refractivity contribution in [1.82, 2.24) is 9.97 Å². The zero-order valence-corrected chi connectivity index (χ0v) is 8.74. The van der Waals surface area contributed by atoms with E-state index >= 15 is 0 Å². The van der Waals surface area contributed by atoms with Crippen molar-refractivity contribution in [3.8, 4) is 0 Å². The van der Waals surface area contributed by atoms with E-state index in [1.807, 2.05) is 6.07 Å². The molecule has 76 valence electrons. The average Bonchev–Trinajstić information content (AvgIpc) is 2.18. The molecule has 0 N–H and O–H groups in total. The summed E-state index contributed by atoms with van der Waals surface area (Å²) in [4.78, 5) is 10.2. The Kier molecular flexibility index (Phi) is 2.84. The molecule has 0 saturated carbocycles. The third-order valence-electron chi connectivity index (χ3n) is 2.18. The Hall–Kier alpha value is -0.870. The molecule has 1 atom stereocenters. The number of hydrogen-bond acceptors (Lipinski definition) is 4. The molecule has 1 aromatic heterocycles. The van der Waals surface area contributed by atoms with E-state index < -0.39 is 0 Å². The van der Waals surface area contributed by atoms with E-state index in [-0.39, 0.29) is 6.10 Å². The number of hydrogen-bond donors (Lipinski definition) is 0. The highest BCUT2D eigenvalue weighted by atomic mass is 35.5. The van der Waals surface area contributed by atoms with Gasteiger partial charge in [0, 0.05) is 19.3 Å². The van der Waals surface area contributed by atoms with E-state index in [1.165, 1.54) is 0 Å². The van der Waals surface area contributed by atoms with Crippen molar-refractivity contribution in [3.05, 3.63) is 17.5 Å². The second-order valence-electron chi connectivity index (χ2n) is 3.31. The number of nitrogens with zero attached hydrogens (tertiary/aromatic N) is 3. The molecule has 1 fully saturated rings. The zero-order chi connectivity index (χ0) is 9.97. The van der Waals surface area contributed by atoms with E-state index in [0.717, 1.165) is 25.5 Å². The molecular weight excluding hydrogens is 202 g/mol. The number of anilines is 1. The van der Waals surface area contributed by atoms with Gasteiger partial charge in [0.2, 0.25) is 5.28 Å². The highest BCUT2D eigenvalue weighted by molar-refractivity contribution is 6.28. The molecule has 0 radical (unpaired) electrons. The topological polar surface area (TPSA) is 38.2 Å². The van der Waals surface area contributed by atoms with E-state index in [9.17, 15) is 0 Å². The molecule has 1 saturated heterocycles. The Bertz CT molecular complexity index is 321. The van der Waals surface area contributed by atoms with Crippen molar-refractivity contribution in [1.29, 1.82) is 0 Å². The number of aromatic nitrogens is 2. The number of morpholine rings is 1. The van der Waals surface area contributed by atoms with Gasteiger partial charge in [-0.3, -0.25) is 0 Å². The summed E-state index contributed by atoms with van der Waals surface area (Å²) < 4.78 is 5.44. The largest absolute Gasteiger partial charge is 0.375 e. The number of rotatable bonds is 1. The first-order valence-corrected chi connectivity index (χ1v) is 4.98. The third kappa shape index (κ3) is 2.13. The van der Waals surface area contributed by atoms with Gasteiger partial charge in [0.25, 0.3) is 0 Å². The second kappa shape index (κ2) is 4.11. The quantitative estimate of drug-likeness (QED) is 0.661. The predicted molar refractivity (Wildman–Crippen MR) is 54.7 cm³/mol. The van der Waals surface area contributed by atoms with Crippen LogP contribution in [0, 0.1) is 0 Å². The Morgan fingerprint density at radius 3 is 3.21 bits per heavy atom. The van der Waals surface area contributed by atoms with Crippen LogP contribution in [0.1, 0.15) is 6.92 Å². The van der Waals surface area contributed by atoms with Crippen LogP contribution < -0.4 is 4.90 Å². The van der Waals surface area contributed by atoms with Gasteiger partial charge in [-0.05, 0) is 24.6 Å². The van der Waals surface area contributed by atoms with Gasteiger partial charge in [-0.1, -0.05) is 0 Å². The smallest absolute Gasteiger partial charge is 0.224 e. The molecule has 0 spiro atoms. The lowest BCUT2D eigenvalue weighted by molar-refractivity contribution is 0.0529. The Labute approximate surface area is 87.9 Å². The molecule has 1 aliphatic rings. The average molecular weight is 214 g/mol. The molecule has 14 heavy (non-hydrogen) atoms. The van der Waals surface area contributed by atoms with Gasteiger partial charge < -0.3 is 9.64 Å². The minimum Gasteiger partial charge on any atom is -0.375 e. The van der Waals surface area contributed by atoms with Gasteiger partial charge in [-0.15, -0.1) is 0 Å². The molecule has 0 aromatic carbocycles. The Morgan fingerprint density at radius 2 is 2.50 bits per heavy atom. The maximum atomic E-state index is 5.72. The lowest BCUT2D eigenvalue weighted by atomic mass is 10.3. The highest BCUT2D eigenvalue weighted by Gasteiger charge is 2.17. The van der Waals surface area contributed by atoms with Gasteiger partial charge in [-0.25, -0.2) is 9.97 Å². The van der Waals surface area contributed by atoms with Gasteiger partial charge >= 0.3 is 0 Å². The standard InChI is InChI=1S/C9H12ClN3O/c1-7-6-13(4-5-14-7)8-2-3-11-9(10)12-8/h2-3,7H,4-6H2,1H3. The summed E-state index contributed by atoms with van der Waals surface area (Å²) >= 11 is 5.72. The molecule has 1 aliphatic heterocycles. The summed E-state index contributed by atoms with van der Waals surface area (Å²) in [7, 11) is 0. The third-order valence-corrected chi connectivity index (χ3v) is 2.36. The van der Waals surface area contributed by atoms with Gasteiger partial charge in [0.1, 0.15) is 5.82 Å². The molecular formula is C9H12ClN3O. The fraction of sp³-hybridized carbons (Fsp3) is 0.556. The van der Waals surface area contributed by atoms with Crippen molar-refractivity contribution >= 4 is 17.4 Å². The predicted octanol–water partition coefficient (Wildman–Crippen LogP) is 1.36. The molecule has 1 unspecified atom stereocenters. The summed E-state index contributed by atoms with van der Waals surface area (Å²) in [5, 5.41) is 0.293. The van der Waals surface area contributed by atoms with Crippen molar-refractivity contribution < 1.29 is 4.74 Å². The first kappa shape index (κ1) is 9.68. The monoisotopic (exact) mass is 213 g/mol. The Morgan fingerprint density at radius 1 is 1.64 bits per heavy atom. The number of halogens is 1. The molecule has 4 nitrogen and oxygen atoms in total. The minimum absolute atomic E-state index is 0.248. The van der Waals surface area contributed by atoms with Crippen molar-refractivity contribution in [2.24, 2.45) is 0 Å². The maximum absolute atomic E-state index is 5.72. The molecule has 0 bridgehead atoms. The van der Waals surface area contributed by atoms with Crippen LogP contribution in [0.25, 0.3) is 0 Å². The van der Waals surface area contributed by atoms with Crippen molar-refractivity contribution in [2.75, 3.05) is 24.6 Å². The summed E-state index contributed by atoms with van der Waals surface area (Å²) in [6.45, 7) is 4.50. The summed E-state index contributed by atoms with van der Waals surface area (Å²) in [6.07, 6.45) is 1.92. The second-order valence-corrected chi connectivity index (χ2v) is 3.65. The molecule has 2 heterocycles. The van der Waals surface area contributed by atoms with Crippen LogP contribution in [0.4, 0.5) is 5.82 Å². The first-order valence-electron chi connectivity index (χ1n) is 4.61. The fourth-order valence-electron chi connectivity index (χ4n) is 1.53. The van der Waals surface area contributed by atoms with Crippen LogP contribution in [0.15, 0.2) is 12.3 Å². The number of ether oxygens (including phenoxy) is 1. The highest BCUT2D eigenvalue weighted by Crippen LogP contribution is 2.15.